The van der Waals surface area contributed by atoms with E-state index in [1.165, 1.54) is 70.6 Å². The molecule has 0 aromatic heterocycles. The van der Waals surface area contributed by atoms with Crippen molar-refractivity contribution in [3.05, 3.63) is 33.8 Å². The first-order valence-electron chi connectivity index (χ1n) is 12.9. The van der Waals surface area contributed by atoms with E-state index in [1.54, 1.807) is 18.2 Å². The van der Waals surface area contributed by atoms with E-state index in [-0.39, 0.29) is 0 Å². The summed E-state index contributed by atoms with van der Waals surface area (Å²) in [5, 5.41) is 22.4. The average Bonchev–Trinajstić information content (AvgIpc) is 2.77. The van der Waals surface area contributed by atoms with Crippen molar-refractivity contribution in [2.75, 3.05) is 6.54 Å². The number of hydrogen-bond donors (Lipinski definition) is 3. The van der Waals surface area contributed by atoms with Gasteiger partial charge in [-0.25, -0.2) is 0 Å². The van der Waals surface area contributed by atoms with Gasteiger partial charge in [0, 0.05) is 19.0 Å². The molecule has 0 heterocycles. The number of rotatable bonds is 18. The van der Waals surface area contributed by atoms with Crippen molar-refractivity contribution < 1.29 is 15.0 Å². The number of halogens is 2. The van der Waals surface area contributed by atoms with Crippen LogP contribution < -0.4 is 5.32 Å². The molecule has 1 aromatic carbocycles. The second-order valence-corrected chi connectivity index (χ2v) is 9.95. The molecule has 1 atom stereocenters. The van der Waals surface area contributed by atoms with Crippen LogP contribution in [0.1, 0.15) is 122 Å². The van der Waals surface area contributed by atoms with Crippen molar-refractivity contribution in [2.24, 2.45) is 0 Å². The van der Waals surface area contributed by atoms with Crippen LogP contribution in [0.5, 0.6) is 0 Å². The number of carbonyl (C=O) groups is 1. The summed E-state index contributed by atoms with van der Waals surface area (Å²) in [6.07, 6.45) is 16.7. The Morgan fingerprint density at radius 3 is 1.76 bits per heavy atom. The monoisotopic (exact) mass is 503 g/mol. The van der Waals surface area contributed by atoms with Crippen LogP contribution in [0.4, 0.5) is 0 Å². The summed E-state index contributed by atoms with van der Waals surface area (Å²) >= 11 is 11.6. The Morgan fingerprint density at radius 1 is 0.848 bits per heavy atom. The van der Waals surface area contributed by atoms with Crippen molar-refractivity contribution in [2.45, 2.75) is 123 Å². The van der Waals surface area contributed by atoms with Gasteiger partial charge in [0.15, 0.2) is 0 Å². The fourth-order valence-corrected chi connectivity index (χ4v) is 3.79. The molecule has 0 spiro atoms. The minimum Gasteiger partial charge on any atom is -0.481 e. The number of aliphatic hydroxyl groups is 1. The number of carboxylic acid groups (broad SMARTS) is 1. The molecule has 0 radical (unpaired) electrons. The zero-order valence-electron chi connectivity index (χ0n) is 21.1. The van der Waals surface area contributed by atoms with Gasteiger partial charge >= 0.3 is 5.97 Å². The molecule has 1 rings (SSSR count). The number of nitrogens with one attached hydrogen (secondary N) is 1. The maximum Gasteiger partial charge on any atom is 0.303 e. The summed E-state index contributed by atoms with van der Waals surface area (Å²) in [4.78, 5) is 10.3. The Bertz CT molecular complexity index is 611. The Kier molecular flexibility index (Phi) is 21.2. The molecule has 1 unspecified atom stereocenters. The Labute approximate surface area is 212 Å². The van der Waals surface area contributed by atoms with Gasteiger partial charge in [-0.15, -0.1) is 0 Å². The van der Waals surface area contributed by atoms with Gasteiger partial charge in [0.25, 0.3) is 0 Å². The van der Waals surface area contributed by atoms with Crippen LogP contribution in [-0.4, -0.2) is 28.8 Å². The predicted molar refractivity (Wildman–Crippen MR) is 143 cm³/mol. The van der Waals surface area contributed by atoms with Crippen LogP contribution in [-0.2, 0) is 4.79 Å². The van der Waals surface area contributed by atoms with Crippen LogP contribution in [0.15, 0.2) is 18.2 Å². The van der Waals surface area contributed by atoms with Crippen molar-refractivity contribution in [1.82, 2.24) is 5.32 Å². The van der Waals surface area contributed by atoms with E-state index in [2.05, 4.69) is 12.2 Å². The number of carboxylic acids is 1. The summed E-state index contributed by atoms with van der Waals surface area (Å²) in [5.41, 5.74) is 0.776. The third-order valence-electron chi connectivity index (χ3n) is 5.54. The molecule has 0 saturated heterocycles. The van der Waals surface area contributed by atoms with Crippen LogP contribution in [0.3, 0.4) is 0 Å². The fraction of sp³-hybridized carbons (Fsp3) is 0.741. The lowest BCUT2D eigenvalue weighted by molar-refractivity contribution is -0.137. The predicted octanol–water partition coefficient (Wildman–Crippen LogP) is 8.58. The van der Waals surface area contributed by atoms with Gasteiger partial charge in [0.2, 0.25) is 0 Å². The van der Waals surface area contributed by atoms with E-state index in [4.69, 9.17) is 28.3 Å². The largest absolute Gasteiger partial charge is 0.481 e. The number of hydrogen-bond acceptors (Lipinski definition) is 3. The molecule has 0 aliphatic rings. The second-order valence-electron chi connectivity index (χ2n) is 9.14. The number of aliphatic hydroxyl groups excluding tert-OH is 1. The van der Waals surface area contributed by atoms with E-state index in [1.807, 2.05) is 13.8 Å². The first-order valence-corrected chi connectivity index (χ1v) is 13.6. The Morgan fingerprint density at radius 2 is 1.33 bits per heavy atom. The van der Waals surface area contributed by atoms with Crippen molar-refractivity contribution in [3.8, 4) is 0 Å². The van der Waals surface area contributed by atoms with Gasteiger partial charge in [-0.05, 0) is 24.1 Å². The van der Waals surface area contributed by atoms with Crippen LogP contribution in [0.2, 0.25) is 10.0 Å². The SMILES string of the molecule is CC(C)NCC(O)c1ccc(Cl)c(Cl)c1.CCCCCCCCCCCCCCCC(=O)O. The van der Waals surface area contributed by atoms with Gasteiger partial charge in [-0.1, -0.05) is 127 Å². The molecule has 1 aromatic rings. The first kappa shape index (κ1) is 32.2. The molecule has 0 aliphatic carbocycles. The number of aliphatic carboxylic acids is 1. The Balaban J connectivity index is 0.000000629. The normalized spacial score (nSPS) is 11.8. The van der Waals surface area contributed by atoms with Gasteiger partial charge in [0.1, 0.15) is 0 Å². The van der Waals surface area contributed by atoms with Crippen LogP contribution in [0, 0.1) is 0 Å². The molecule has 0 saturated carbocycles. The van der Waals surface area contributed by atoms with Crippen LogP contribution in [0.25, 0.3) is 0 Å². The highest BCUT2D eigenvalue weighted by atomic mass is 35.5. The molecule has 6 heteroatoms. The molecule has 4 nitrogen and oxygen atoms in total. The molecule has 0 bridgehead atoms. The number of unbranched alkanes of at least 4 members (excludes halogenated alkanes) is 12. The highest BCUT2D eigenvalue weighted by molar-refractivity contribution is 6.42. The van der Waals surface area contributed by atoms with Gasteiger partial charge in [0.05, 0.1) is 16.1 Å². The molecule has 0 amide bonds. The first-order chi connectivity index (χ1) is 15.8. The highest BCUT2D eigenvalue weighted by Gasteiger charge is 2.09. The molecule has 0 fully saturated rings. The van der Waals surface area contributed by atoms with Crippen molar-refractivity contribution in [3.63, 3.8) is 0 Å². The van der Waals surface area contributed by atoms with E-state index in [9.17, 15) is 9.90 Å². The second kappa shape index (κ2) is 21.7. The van der Waals surface area contributed by atoms with Crippen molar-refractivity contribution >= 4 is 29.2 Å². The van der Waals surface area contributed by atoms with E-state index in [0.717, 1.165) is 18.4 Å². The summed E-state index contributed by atoms with van der Waals surface area (Å²) < 4.78 is 0. The van der Waals surface area contributed by atoms with E-state index >= 15 is 0 Å². The molecular formula is C27H47Cl2NO3. The third kappa shape index (κ3) is 20.3. The van der Waals surface area contributed by atoms with Gasteiger partial charge < -0.3 is 15.5 Å². The minimum atomic E-state index is -0.655. The summed E-state index contributed by atoms with van der Waals surface area (Å²) in [5.74, 6) is -0.655. The number of benzene rings is 1. The van der Waals surface area contributed by atoms with Crippen LogP contribution >= 0.6 is 23.2 Å². The van der Waals surface area contributed by atoms with Crippen molar-refractivity contribution in [1.29, 1.82) is 0 Å². The molecule has 3 N–H and O–H groups in total. The maximum atomic E-state index is 10.3. The highest BCUT2D eigenvalue weighted by Crippen LogP contribution is 2.25. The maximum absolute atomic E-state index is 10.3. The molecule has 33 heavy (non-hydrogen) atoms. The standard InChI is InChI=1S/C16H32O2.C11H15Cl2NO/c1-2-3-4-5-6-7-8-9-10-11-12-13-14-15-16(17)18;1-7(2)14-6-11(15)8-3-4-9(12)10(13)5-8/h2-15H2,1H3,(H,17,18);3-5,7,11,14-15H,6H2,1-2H3. The van der Waals surface area contributed by atoms with E-state index < -0.39 is 12.1 Å². The fourth-order valence-electron chi connectivity index (χ4n) is 3.48. The summed E-state index contributed by atoms with van der Waals surface area (Å²) in [7, 11) is 0. The van der Waals surface area contributed by atoms with Gasteiger partial charge in [-0.2, -0.15) is 0 Å². The lowest BCUT2D eigenvalue weighted by atomic mass is 10.0. The van der Waals surface area contributed by atoms with E-state index in [0.29, 0.717) is 29.1 Å². The molecular weight excluding hydrogens is 457 g/mol. The third-order valence-corrected chi connectivity index (χ3v) is 6.28. The topological polar surface area (TPSA) is 69.6 Å². The molecule has 0 aliphatic heterocycles. The average molecular weight is 505 g/mol. The lowest BCUT2D eigenvalue weighted by Gasteiger charge is -2.14. The quantitative estimate of drug-likeness (QED) is 0.175. The van der Waals surface area contributed by atoms with Gasteiger partial charge in [-0.3, -0.25) is 4.79 Å². The zero-order valence-corrected chi connectivity index (χ0v) is 22.6. The summed E-state index contributed by atoms with van der Waals surface area (Å²) in [6, 6.07) is 5.51. The minimum absolute atomic E-state index is 0.345. The summed E-state index contributed by atoms with van der Waals surface area (Å²) in [6.45, 7) is 6.83. The molecule has 192 valence electrons. The lowest BCUT2D eigenvalue weighted by Crippen LogP contribution is -2.27. The zero-order chi connectivity index (χ0) is 24.9. The Hall–Kier alpha value is -0.810. The smallest absolute Gasteiger partial charge is 0.303 e.